The van der Waals surface area contributed by atoms with Crippen molar-refractivity contribution in [2.24, 2.45) is 11.3 Å². The van der Waals surface area contributed by atoms with E-state index in [9.17, 15) is 5.11 Å². The Morgan fingerprint density at radius 2 is 1.86 bits per heavy atom. The van der Waals surface area contributed by atoms with Crippen LogP contribution < -0.4 is 0 Å². The van der Waals surface area contributed by atoms with Crippen molar-refractivity contribution in [1.29, 1.82) is 0 Å². The maximum absolute atomic E-state index is 11.6. The lowest BCUT2D eigenvalue weighted by molar-refractivity contribution is -0.141. The third-order valence-corrected chi connectivity index (χ3v) is 5.77. The van der Waals surface area contributed by atoms with E-state index in [4.69, 9.17) is 9.47 Å². The van der Waals surface area contributed by atoms with Crippen molar-refractivity contribution in [3.05, 3.63) is 34.9 Å². The van der Waals surface area contributed by atoms with Crippen LogP contribution in [0.15, 0.2) is 18.2 Å². The molecule has 0 radical (unpaired) electrons. The molecule has 0 bridgehead atoms. The lowest BCUT2D eigenvalue weighted by Crippen LogP contribution is -2.49. The highest BCUT2D eigenvalue weighted by Crippen LogP contribution is 2.53. The van der Waals surface area contributed by atoms with Gasteiger partial charge in [-0.05, 0) is 42.2 Å². The molecule has 1 aliphatic carbocycles. The minimum absolute atomic E-state index is 0.112. The Hall–Kier alpha value is -0.900. The summed E-state index contributed by atoms with van der Waals surface area (Å²) in [6.07, 6.45) is 3.08. The fourth-order valence-electron chi connectivity index (χ4n) is 4.31. The van der Waals surface area contributed by atoms with Gasteiger partial charge in [0.05, 0.1) is 18.8 Å². The minimum atomic E-state index is -0.772. The molecule has 1 N–H and O–H groups in total. The molecule has 2 aliphatic rings. The lowest BCUT2D eigenvalue weighted by Gasteiger charge is -2.51. The first-order chi connectivity index (χ1) is 10.4. The standard InChI is InChI=1S/C19H28O3/c1-13-12-15(7-8-16(13)17-21-10-11-22-17)19(20)14(2)6-5-9-18(19,3)4/h7-8,12,14,17,20H,5-6,9-11H2,1-4H3/t14-,19-/m1/s1. The molecule has 1 saturated carbocycles. The third-order valence-electron chi connectivity index (χ3n) is 5.77. The van der Waals surface area contributed by atoms with Crippen LogP contribution >= 0.6 is 0 Å². The quantitative estimate of drug-likeness (QED) is 0.895. The Balaban J connectivity index is 1.98. The zero-order valence-electron chi connectivity index (χ0n) is 14.2. The molecule has 1 saturated heterocycles. The van der Waals surface area contributed by atoms with Crippen LogP contribution in [0.2, 0.25) is 0 Å². The second kappa shape index (κ2) is 5.63. The Morgan fingerprint density at radius 3 is 2.45 bits per heavy atom. The molecule has 22 heavy (non-hydrogen) atoms. The summed E-state index contributed by atoms with van der Waals surface area (Å²) in [7, 11) is 0. The lowest BCUT2D eigenvalue weighted by atomic mass is 9.58. The summed E-state index contributed by atoms with van der Waals surface area (Å²) in [6, 6.07) is 6.26. The van der Waals surface area contributed by atoms with Gasteiger partial charge in [0.25, 0.3) is 0 Å². The van der Waals surface area contributed by atoms with E-state index in [0.717, 1.165) is 29.5 Å². The molecule has 1 aromatic carbocycles. The van der Waals surface area contributed by atoms with Gasteiger partial charge in [-0.3, -0.25) is 0 Å². The molecule has 0 amide bonds. The molecular formula is C19H28O3. The zero-order chi connectivity index (χ0) is 16.0. The average Bonchev–Trinajstić information content (AvgIpc) is 2.98. The topological polar surface area (TPSA) is 38.7 Å². The summed E-state index contributed by atoms with van der Waals surface area (Å²) in [5, 5.41) is 11.6. The molecule has 2 atom stereocenters. The highest BCUT2D eigenvalue weighted by molar-refractivity contribution is 5.37. The van der Waals surface area contributed by atoms with Gasteiger partial charge in [-0.15, -0.1) is 0 Å². The number of aryl methyl sites for hydroxylation is 1. The molecule has 1 heterocycles. The van der Waals surface area contributed by atoms with Crippen molar-refractivity contribution in [1.82, 2.24) is 0 Å². The zero-order valence-corrected chi connectivity index (χ0v) is 14.2. The van der Waals surface area contributed by atoms with E-state index in [0.29, 0.717) is 13.2 Å². The maximum atomic E-state index is 11.6. The average molecular weight is 304 g/mol. The third kappa shape index (κ3) is 2.40. The summed E-state index contributed by atoms with van der Waals surface area (Å²) in [6.45, 7) is 9.94. The normalized spacial score (nSPS) is 32.3. The van der Waals surface area contributed by atoms with Crippen LogP contribution in [0.3, 0.4) is 0 Å². The van der Waals surface area contributed by atoms with E-state index in [1.165, 1.54) is 6.42 Å². The van der Waals surface area contributed by atoms with Crippen LogP contribution in [0.1, 0.15) is 63.0 Å². The molecule has 122 valence electrons. The maximum Gasteiger partial charge on any atom is 0.184 e. The summed E-state index contributed by atoms with van der Waals surface area (Å²) in [4.78, 5) is 0. The molecule has 2 fully saturated rings. The van der Waals surface area contributed by atoms with Gasteiger partial charge in [0.2, 0.25) is 0 Å². The Morgan fingerprint density at radius 1 is 1.18 bits per heavy atom. The molecule has 0 aromatic heterocycles. The number of hydrogen-bond donors (Lipinski definition) is 1. The van der Waals surface area contributed by atoms with Crippen LogP contribution in [0.5, 0.6) is 0 Å². The van der Waals surface area contributed by atoms with Gasteiger partial charge in [0, 0.05) is 5.56 Å². The second-order valence-electron chi connectivity index (χ2n) is 7.59. The number of ether oxygens (including phenoxy) is 2. The van der Waals surface area contributed by atoms with Crippen molar-refractivity contribution >= 4 is 0 Å². The van der Waals surface area contributed by atoms with Gasteiger partial charge in [-0.1, -0.05) is 45.4 Å². The first kappa shape index (κ1) is 16.0. The summed E-state index contributed by atoms with van der Waals surface area (Å²) in [5.41, 5.74) is 2.35. The van der Waals surface area contributed by atoms with E-state index in [1.807, 2.05) is 0 Å². The highest BCUT2D eigenvalue weighted by atomic mass is 16.7. The smallest absolute Gasteiger partial charge is 0.184 e. The van der Waals surface area contributed by atoms with Crippen molar-refractivity contribution in [2.45, 2.75) is 58.8 Å². The minimum Gasteiger partial charge on any atom is -0.384 e. The monoisotopic (exact) mass is 304 g/mol. The molecule has 0 unspecified atom stereocenters. The number of benzene rings is 1. The molecule has 3 rings (SSSR count). The number of hydrogen-bond acceptors (Lipinski definition) is 3. The molecule has 1 aliphatic heterocycles. The molecular weight excluding hydrogens is 276 g/mol. The second-order valence-corrected chi connectivity index (χ2v) is 7.59. The van der Waals surface area contributed by atoms with Crippen LogP contribution in [-0.2, 0) is 15.1 Å². The van der Waals surface area contributed by atoms with E-state index in [1.54, 1.807) is 0 Å². The predicted molar refractivity (Wildman–Crippen MR) is 86.5 cm³/mol. The Bertz CT molecular complexity index is 546. The van der Waals surface area contributed by atoms with Crippen LogP contribution in [0, 0.1) is 18.3 Å². The first-order valence-corrected chi connectivity index (χ1v) is 8.43. The molecule has 3 nitrogen and oxygen atoms in total. The van der Waals surface area contributed by atoms with E-state index in [-0.39, 0.29) is 17.6 Å². The van der Waals surface area contributed by atoms with Crippen LogP contribution in [0.25, 0.3) is 0 Å². The van der Waals surface area contributed by atoms with Crippen LogP contribution in [-0.4, -0.2) is 18.3 Å². The fourth-order valence-corrected chi connectivity index (χ4v) is 4.31. The number of aliphatic hydroxyl groups is 1. The largest absolute Gasteiger partial charge is 0.384 e. The fraction of sp³-hybridized carbons (Fsp3) is 0.684. The van der Waals surface area contributed by atoms with E-state index >= 15 is 0 Å². The van der Waals surface area contributed by atoms with Gasteiger partial charge in [0.1, 0.15) is 0 Å². The predicted octanol–water partition coefficient (Wildman–Crippen LogP) is 4.07. The van der Waals surface area contributed by atoms with Crippen molar-refractivity contribution in [3.8, 4) is 0 Å². The van der Waals surface area contributed by atoms with Crippen molar-refractivity contribution in [2.75, 3.05) is 13.2 Å². The summed E-state index contributed by atoms with van der Waals surface area (Å²) >= 11 is 0. The van der Waals surface area contributed by atoms with Gasteiger partial charge in [-0.25, -0.2) is 0 Å². The van der Waals surface area contributed by atoms with Gasteiger partial charge in [0.15, 0.2) is 6.29 Å². The molecule has 0 spiro atoms. The Labute approximate surface area is 133 Å². The van der Waals surface area contributed by atoms with E-state index < -0.39 is 5.60 Å². The van der Waals surface area contributed by atoms with Gasteiger partial charge in [-0.2, -0.15) is 0 Å². The summed E-state index contributed by atoms with van der Waals surface area (Å²) < 4.78 is 11.2. The van der Waals surface area contributed by atoms with Crippen LogP contribution in [0.4, 0.5) is 0 Å². The molecule has 1 aromatic rings. The van der Waals surface area contributed by atoms with E-state index in [2.05, 4.69) is 45.9 Å². The number of rotatable bonds is 2. The Kier molecular flexibility index (Phi) is 4.09. The highest BCUT2D eigenvalue weighted by Gasteiger charge is 2.50. The van der Waals surface area contributed by atoms with Crippen molar-refractivity contribution < 1.29 is 14.6 Å². The SMILES string of the molecule is Cc1cc([C@]2(O)[C@H](C)CCCC2(C)C)ccc1C1OCCO1. The van der Waals surface area contributed by atoms with Gasteiger partial charge < -0.3 is 14.6 Å². The molecule has 3 heteroatoms. The van der Waals surface area contributed by atoms with Gasteiger partial charge >= 0.3 is 0 Å². The van der Waals surface area contributed by atoms with Crippen molar-refractivity contribution in [3.63, 3.8) is 0 Å². The first-order valence-electron chi connectivity index (χ1n) is 8.43. The summed E-state index contributed by atoms with van der Waals surface area (Å²) in [5.74, 6) is 0.264.